The largest absolute Gasteiger partial charge is 0.496 e. The Morgan fingerprint density at radius 1 is 1.35 bits per heavy atom. The van der Waals surface area contributed by atoms with Crippen LogP contribution in [0.4, 0.5) is 0 Å². The molecule has 3 fully saturated rings. The highest BCUT2D eigenvalue weighted by Gasteiger charge is 2.35. The first-order chi connectivity index (χ1) is 9.67. The molecule has 4 rings (SSSR count). The third-order valence-corrected chi connectivity index (χ3v) is 4.57. The van der Waals surface area contributed by atoms with Crippen molar-refractivity contribution in [1.29, 1.82) is 0 Å². The third-order valence-electron chi connectivity index (χ3n) is 4.57. The number of nitrogens with zero attached hydrogens (tertiary/aromatic N) is 1. The molecule has 3 saturated heterocycles. The fourth-order valence-electron chi connectivity index (χ4n) is 3.36. The molecule has 0 aliphatic carbocycles. The molecule has 0 spiro atoms. The van der Waals surface area contributed by atoms with E-state index < -0.39 is 0 Å². The van der Waals surface area contributed by atoms with Gasteiger partial charge in [-0.1, -0.05) is 6.07 Å². The van der Waals surface area contributed by atoms with Gasteiger partial charge in [0.1, 0.15) is 5.75 Å². The van der Waals surface area contributed by atoms with Crippen LogP contribution >= 0.6 is 0 Å². The predicted octanol–water partition coefficient (Wildman–Crippen LogP) is 1.83. The second-order valence-corrected chi connectivity index (χ2v) is 5.92. The van der Waals surface area contributed by atoms with E-state index in [1.807, 2.05) is 25.1 Å². The minimum Gasteiger partial charge on any atom is -0.496 e. The number of hydrogen-bond acceptors (Lipinski definition) is 3. The Morgan fingerprint density at radius 3 is 2.70 bits per heavy atom. The van der Waals surface area contributed by atoms with Gasteiger partial charge in [-0.3, -0.25) is 4.79 Å². The SMILES string of the molecule is COc1cc(C)ccc1C(=O)N[C@@H]1CN2CCC1CC2. The molecule has 1 atom stereocenters. The van der Waals surface area contributed by atoms with Crippen LogP contribution < -0.4 is 10.1 Å². The maximum atomic E-state index is 12.5. The summed E-state index contributed by atoms with van der Waals surface area (Å²) in [5.74, 6) is 1.28. The number of amides is 1. The Balaban J connectivity index is 1.73. The molecule has 1 aromatic carbocycles. The average Bonchev–Trinajstić information content (AvgIpc) is 2.48. The summed E-state index contributed by atoms with van der Waals surface area (Å²) in [4.78, 5) is 14.9. The summed E-state index contributed by atoms with van der Waals surface area (Å²) >= 11 is 0. The Hall–Kier alpha value is -1.55. The number of carbonyl (C=O) groups excluding carboxylic acids is 1. The first-order valence-electron chi connectivity index (χ1n) is 7.35. The summed E-state index contributed by atoms with van der Waals surface area (Å²) in [6.07, 6.45) is 2.41. The van der Waals surface area contributed by atoms with Gasteiger partial charge in [-0.15, -0.1) is 0 Å². The van der Waals surface area contributed by atoms with Crippen LogP contribution in [0.15, 0.2) is 18.2 Å². The molecule has 2 bridgehead atoms. The molecular weight excluding hydrogens is 252 g/mol. The molecule has 1 N–H and O–H groups in total. The number of piperidine rings is 3. The van der Waals surface area contributed by atoms with E-state index >= 15 is 0 Å². The molecule has 0 radical (unpaired) electrons. The van der Waals surface area contributed by atoms with E-state index in [4.69, 9.17) is 4.74 Å². The van der Waals surface area contributed by atoms with E-state index in [1.165, 1.54) is 25.9 Å². The van der Waals surface area contributed by atoms with Crippen LogP contribution in [0.2, 0.25) is 0 Å². The lowest BCUT2D eigenvalue weighted by atomic mass is 9.84. The third kappa shape index (κ3) is 2.52. The monoisotopic (exact) mass is 274 g/mol. The fraction of sp³-hybridized carbons (Fsp3) is 0.562. The molecule has 0 aromatic heterocycles. The number of benzene rings is 1. The Bertz CT molecular complexity index is 507. The number of hydrogen-bond donors (Lipinski definition) is 1. The maximum Gasteiger partial charge on any atom is 0.255 e. The first kappa shape index (κ1) is 13.4. The van der Waals surface area contributed by atoms with Crippen molar-refractivity contribution in [2.75, 3.05) is 26.7 Å². The van der Waals surface area contributed by atoms with E-state index in [9.17, 15) is 4.79 Å². The van der Waals surface area contributed by atoms with Gasteiger partial charge >= 0.3 is 0 Å². The van der Waals surface area contributed by atoms with E-state index in [0.29, 0.717) is 17.2 Å². The van der Waals surface area contributed by atoms with Crippen LogP contribution in [0.5, 0.6) is 5.75 Å². The van der Waals surface area contributed by atoms with Crippen LogP contribution in [0.25, 0.3) is 0 Å². The summed E-state index contributed by atoms with van der Waals surface area (Å²) in [5, 5.41) is 3.20. The normalized spacial score (nSPS) is 28.2. The second kappa shape index (κ2) is 5.44. The van der Waals surface area contributed by atoms with E-state index in [0.717, 1.165) is 12.1 Å². The lowest BCUT2D eigenvalue weighted by molar-refractivity contribution is 0.0619. The van der Waals surface area contributed by atoms with Crippen LogP contribution in [-0.4, -0.2) is 43.6 Å². The molecule has 4 heteroatoms. The quantitative estimate of drug-likeness (QED) is 0.914. The van der Waals surface area contributed by atoms with Gasteiger partial charge < -0.3 is 15.0 Å². The van der Waals surface area contributed by atoms with Gasteiger partial charge in [0.25, 0.3) is 5.91 Å². The van der Waals surface area contributed by atoms with Crippen LogP contribution in [0.3, 0.4) is 0 Å². The summed E-state index contributed by atoms with van der Waals surface area (Å²) < 4.78 is 5.33. The molecule has 1 aromatic rings. The second-order valence-electron chi connectivity index (χ2n) is 5.92. The zero-order valence-corrected chi connectivity index (χ0v) is 12.2. The predicted molar refractivity (Wildman–Crippen MR) is 78.1 cm³/mol. The maximum absolute atomic E-state index is 12.5. The topological polar surface area (TPSA) is 41.6 Å². The van der Waals surface area contributed by atoms with E-state index in [-0.39, 0.29) is 11.9 Å². The molecule has 0 unspecified atom stereocenters. The number of fused-ring (bicyclic) bond motifs is 3. The smallest absolute Gasteiger partial charge is 0.255 e. The summed E-state index contributed by atoms with van der Waals surface area (Å²) in [6.45, 7) is 5.36. The van der Waals surface area contributed by atoms with E-state index in [2.05, 4.69) is 10.2 Å². The molecule has 3 aliphatic rings. The van der Waals surface area contributed by atoms with E-state index in [1.54, 1.807) is 7.11 Å². The zero-order chi connectivity index (χ0) is 14.1. The lowest BCUT2D eigenvalue weighted by Gasteiger charge is -2.44. The van der Waals surface area contributed by atoms with Crippen molar-refractivity contribution in [3.8, 4) is 5.75 Å². The van der Waals surface area contributed by atoms with Crippen molar-refractivity contribution in [3.05, 3.63) is 29.3 Å². The number of methoxy groups -OCH3 is 1. The highest BCUT2D eigenvalue weighted by Crippen LogP contribution is 2.28. The minimum absolute atomic E-state index is 0.0133. The van der Waals surface area contributed by atoms with Gasteiger partial charge in [0, 0.05) is 12.6 Å². The molecule has 1 amide bonds. The van der Waals surface area contributed by atoms with Gasteiger partial charge in [-0.2, -0.15) is 0 Å². The number of rotatable bonds is 3. The number of nitrogens with one attached hydrogen (secondary N) is 1. The van der Waals surface area contributed by atoms with Crippen LogP contribution in [0, 0.1) is 12.8 Å². The lowest BCUT2D eigenvalue weighted by Crippen LogP contribution is -2.57. The Labute approximate surface area is 120 Å². The average molecular weight is 274 g/mol. The standard InChI is InChI=1S/C16H22N2O2/c1-11-3-4-13(15(9-11)20-2)16(19)17-14-10-18-7-5-12(14)6-8-18/h3-4,9,12,14H,5-8,10H2,1-2H3,(H,17,19)/t14-/m1/s1. The van der Waals surface area contributed by atoms with Gasteiger partial charge in [0.2, 0.25) is 0 Å². The van der Waals surface area contributed by atoms with Crippen molar-refractivity contribution in [1.82, 2.24) is 10.2 Å². The summed E-state index contributed by atoms with van der Waals surface area (Å²) in [7, 11) is 1.61. The molecule has 108 valence electrons. The minimum atomic E-state index is -0.0133. The number of carbonyl (C=O) groups is 1. The van der Waals surface area contributed by atoms with Gasteiger partial charge in [-0.25, -0.2) is 0 Å². The Kier molecular flexibility index (Phi) is 3.66. The van der Waals surface area contributed by atoms with Gasteiger partial charge in [0.15, 0.2) is 0 Å². The van der Waals surface area contributed by atoms with Crippen molar-refractivity contribution < 1.29 is 9.53 Å². The fourth-order valence-corrected chi connectivity index (χ4v) is 3.36. The summed E-state index contributed by atoms with van der Waals surface area (Å²) in [6, 6.07) is 6.00. The molecule has 0 saturated carbocycles. The molecular formula is C16H22N2O2. The van der Waals surface area contributed by atoms with Crippen molar-refractivity contribution in [2.24, 2.45) is 5.92 Å². The first-order valence-corrected chi connectivity index (χ1v) is 7.35. The van der Waals surface area contributed by atoms with Crippen LogP contribution in [-0.2, 0) is 0 Å². The van der Waals surface area contributed by atoms with Crippen molar-refractivity contribution >= 4 is 5.91 Å². The van der Waals surface area contributed by atoms with Crippen LogP contribution in [0.1, 0.15) is 28.8 Å². The van der Waals surface area contributed by atoms with Crippen molar-refractivity contribution in [2.45, 2.75) is 25.8 Å². The van der Waals surface area contributed by atoms with Crippen molar-refractivity contribution in [3.63, 3.8) is 0 Å². The highest BCUT2D eigenvalue weighted by molar-refractivity contribution is 5.97. The Morgan fingerprint density at radius 2 is 2.10 bits per heavy atom. The summed E-state index contributed by atoms with van der Waals surface area (Å²) in [5.41, 5.74) is 1.73. The van der Waals surface area contributed by atoms with Gasteiger partial charge in [-0.05, 0) is 56.5 Å². The number of ether oxygens (including phenoxy) is 1. The zero-order valence-electron chi connectivity index (χ0n) is 12.2. The highest BCUT2D eigenvalue weighted by atomic mass is 16.5. The molecule has 3 heterocycles. The molecule has 20 heavy (non-hydrogen) atoms. The molecule has 4 nitrogen and oxygen atoms in total. The molecule has 3 aliphatic heterocycles. The number of aryl methyl sites for hydroxylation is 1. The van der Waals surface area contributed by atoms with Gasteiger partial charge in [0.05, 0.1) is 12.7 Å².